The van der Waals surface area contributed by atoms with E-state index in [9.17, 15) is 0 Å². The molecule has 1 aliphatic carbocycles. The SMILES string of the molecule is Cc1ccc(-n2nc(C)c(Cc3nc(C4(N)CCC4)no3)c2C)cc1Cl.Cl. The van der Waals surface area contributed by atoms with E-state index in [2.05, 4.69) is 15.2 Å². The first-order chi connectivity index (χ1) is 12.4. The molecule has 4 rings (SSSR count). The first-order valence-electron chi connectivity index (χ1n) is 8.81. The largest absolute Gasteiger partial charge is 0.339 e. The Labute approximate surface area is 169 Å². The molecule has 2 heterocycles. The summed E-state index contributed by atoms with van der Waals surface area (Å²) in [7, 11) is 0. The fourth-order valence-electron chi connectivity index (χ4n) is 3.36. The molecule has 27 heavy (non-hydrogen) atoms. The van der Waals surface area contributed by atoms with Crippen LogP contribution in [0, 0.1) is 20.8 Å². The van der Waals surface area contributed by atoms with E-state index in [1.54, 1.807) is 0 Å². The lowest BCUT2D eigenvalue weighted by Gasteiger charge is -2.34. The van der Waals surface area contributed by atoms with Crippen LogP contribution in [0.1, 0.15) is 53.5 Å². The van der Waals surface area contributed by atoms with Crippen molar-refractivity contribution in [1.82, 2.24) is 19.9 Å². The van der Waals surface area contributed by atoms with Crippen LogP contribution < -0.4 is 5.73 Å². The van der Waals surface area contributed by atoms with Gasteiger partial charge in [-0.05, 0) is 57.7 Å². The molecule has 0 saturated heterocycles. The second-order valence-corrected chi connectivity index (χ2v) is 7.60. The number of rotatable bonds is 4. The van der Waals surface area contributed by atoms with Crippen LogP contribution in [0.5, 0.6) is 0 Å². The van der Waals surface area contributed by atoms with Gasteiger partial charge in [0.05, 0.1) is 23.3 Å². The molecule has 2 N–H and O–H groups in total. The molecule has 0 bridgehead atoms. The number of nitrogens with two attached hydrogens (primary N) is 1. The third kappa shape index (κ3) is 3.49. The van der Waals surface area contributed by atoms with Crippen LogP contribution in [0.15, 0.2) is 22.7 Å². The van der Waals surface area contributed by atoms with Crippen LogP contribution in [0.3, 0.4) is 0 Å². The Hall–Kier alpha value is -1.89. The van der Waals surface area contributed by atoms with Gasteiger partial charge in [-0.2, -0.15) is 10.1 Å². The Morgan fingerprint density at radius 3 is 2.63 bits per heavy atom. The van der Waals surface area contributed by atoms with Gasteiger partial charge >= 0.3 is 0 Å². The lowest BCUT2D eigenvalue weighted by Crippen LogP contribution is -2.44. The molecule has 0 spiro atoms. The highest BCUT2D eigenvalue weighted by Crippen LogP contribution is 2.37. The average Bonchev–Trinajstić information content (AvgIpc) is 3.16. The fraction of sp³-hybridized carbons (Fsp3) is 0.421. The van der Waals surface area contributed by atoms with Crippen molar-refractivity contribution in [1.29, 1.82) is 0 Å². The summed E-state index contributed by atoms with van der Waals surface area (Å²) in [6, 6.07) is 5.95. The summed E-state index contributed by atoms with van der Waals surface area (Å²) < 4.78 is 7.36. The van der Waals surface area contributed by atoms with Crippen LogP contribution in [-0.4, -0.2) is 19.9 Å². The van der Waals surface area contributed by atoms with Crippen LogP contribution in [-0.2, 0) is 12.0 Å². The highest BCUT2D eigenvalue weighted by atomic mass is 35.5. The van der Waals surface area contributed by atoms with Crippen molar-refractivity contribution < 1.29 is 4.52 Å². The van der Waals surface area contributed by atoms with Crippen LogP contribution in [0.25, 0.3) is 5.69 Å². The minimum absolute atomic E-state index is 0. The minimum Gasteiger partial charge on any atom is -0.339 e. The Morgan fingerprint density at radius 2 is 2.00 bits per heavy atom. The van der Waals surface area contributed by atoms with Gasteiger partial charge in [-0.25, -0.2) is 4.68 Å². The molecule has 1 saturated carbocycles. The van der Waals surface area contributed by atoms with Crippen LogP contribution >= 0.6 is 24.0 Å². The molecular weight excluding hydrogens is 385 g/mol. The predicted molar refractivity (Wildman–Crippen MR) is 107 cm³/mol. The Kier molecular flexibility index (Phi) is 5.34. The summed E-state index contributed by atoms with van der Waals surface area (Å²) in [5, 5.41) is 9.50. The van der Waals surface area contributed by atoms with Crippen molar-refractivity contribution in [2.45, 2.75) is 52.0 Å². The fourth-order valence-corrected chi connectivity index (χ4v) is 3.53. The van der Waals surface area contributed by atoms with Crippen molar-refractivity contribution >= 4 is 24.0 Å². The Bertz CT molecular complexity index is 975. The highest BCUT2D eigenvalue weighted by molar-refractivity contribution is 6.31. The first-order valence-corrected chi connectivity index (χ1v) is 9.19. The summed E-state index contributed by atoms with van der Waals surface area (Å²) in [6.07, 6.45) is 3.48. The molecule has 1 aromatic carbocycles. The summed E-state index contributed by atoms with van der Waals surface area (Å²) >= 11 is 6.27. The summed E-state index contributed by atoms with van der Waals surface area (Å²) in [4.78, 5) is 4.53. The minimum atomic E-state index is -0.408. The molecule has 0 radical (unpaired) electrons. The summed E-state index contributed by atoms with van der Waals surface area (Å²) in [5.41, 5.74) is 10.9. The highest BCUT2D eigenvalue weighted by Gasteiger charge is 2.39. The Morgan fingerprint density at radius 1 is 1.26 bits per heavy atom. The molecule has 1 aliphatic rings. The van der Waals surface area contributed by atoms with E-state index < -0.39 is 5.54 Å². The molecule has 144 valence electrons. The number of halogens is 2. The van der Waals surface area contributed by atoms with Gasteiger partial charge in [-0.3, -0.25) is 0 Å². The van der Waals surface area contributed by atoms with Gasteiger partial charge in [-0.15, -0.1) is 12.4 Å². The molecule has 0 atom stereocenters. The van der Waals surface area contributed by atoms with Crippen molar-refractivity contribution in [2.24, 2.45) is 5.73 Å². The zero-order valence-corrected chi connectivity index (χ0v) is 17.2. The number of hydrogen-bond donors (Lipinski definition) is 1. The molecule has 0 amide bonds. The molecule has 3 aromatic rings. The molecule has 1 fully saturated rings. The maximum Gasteiger partial charge on any atom is 0.231 e. The van der Waals surface area contributed by atoms with E-state index >= 15 is 0 Å². The zero-order valence-electron chi connectivity index (χ0n) is 15.6. The second kappa shape index (κ2) is 7.26. The smallest absolute Gasteiger partial charge is 0.231 e. The normalized spacial score (nSPS) is 15.3. The van der Waals surface area contributed by atoms with Gasteiger partial charge in [0, 0.05) is 16.3 Å². The van der Waals surface area contributed by atoms with Crippen molar-refractivity contribution in [2.75, 3.05) is 0 Å². The number of nitrogens with zero attached hydrogens (tertiary/aromatic N) is 4. The molecule has 6 nitrogen and oxygen atoms in total. The van der Waals surface area contributed by atoms with E-state index in [0.717, 1.165) is 52.5 Å². The maximum absolute atomic E-state index is 6.28. The Balaban J connectivity index is 0.00000210. The molecule has 8 heteroatoms. The summed E-state index contributed by atoms with van der Waals surface area (Å²) in [6.45, 7) is 6.01. The van der Waals surface area contributed by atoms with Gasteiger partial charge in [0.15, 0.2) is 5.82 Å². The summed E-state index contributed by atoms with van der Waals surface area (Å²) in [5.74, 6) is 1.19. The quantitative estimate of drug-likeness (QED) is 0.700. The van der Waals surface area contributed by atoms with Gasteiger partial charge in [0.1, 0.15) is 0 Å². The number of aryl methyl sites for hydroxylation is 2. The number of benzene rings is 1. The third-order valence-electron chi connectivity index (χ3n) is 5.33. The number of aromatic nitrogens is 4. The van der Waals surface area contributed by atoms with E-state index in [1.165, 1.54) is 0 Å². The van der Waals surface area contributed by atoms with E-state index in [1.807, 2.05) is 43.7 Å². The predicted octanol–water partition coefficient (Wildman–Crippen LogP) is 4.18. The van der Waals surface area contributed by atoms with Crippen molar-refractivity contribution in [3.63, 3.8) is 0 Å². The topological polar surface area (TPSA) is 82.8 Å². The van der Waals surface area contributed by atoms with Gasteiger partial charge in [-0.1, -0.05) is 22.8 Å². The average molecular weight is 408 g/mol. The van der Waals surface area contributed by atoms with Gasteiger partial charge < -0.3 is 10.3 Å². The maximum atomic E-state index is 6.28. The van der Waals surface area contributed by atoms with Crippen molar-refractivity contribution in [3.05, 3.63) is 57.5 Å². The molecule has 2 aromatic heterocycles. The van der Waals surface area contributed by atoms with Crippen molar-refractivity contribution in [3.8, 4) is 5.69 Å². The van der Waals surface area contributed by atoms with E-state index in [0.29, 0.717) is 18.1 Å². The standard InChI is InChI=1S/C19H22ClN5O.ClH/c1-11-5-6-14(9-16(11)20)25-13(3)15(12(2)23-25)10-17-22-18(24-26-17)19(21)7-4-8-19;/h5-6,9H,4,7-8,10,21H2,1-3H3;1H. The van der Waals surface area contributed by atoms with Gasteiger partial charge in [0.25, 0.3) is 0 Å². The lowest BCUT2D eigenvalue weighted by atomic mass is 9.77. The van der Waals surface area contributed by atoms with E-state index in [-0.39, 0.29) is 12.4 Å². The lowest BCUT2D eigenvalue weighted by molar-refractivity contribution is 0.229. The first kappa shape index (κ1) is 19.9. The number of hydrogen-bond acceptors (Lipinski definition) is 5. The van der Waals surface area contributed by atoms with Crippen LogP contribution in [0.2, 0.25) is 5.02 Å². The van der Waals surface area contributed by atoms with Crippen LogP contribution in [0.4, 0.5) is 0 Å². The zero-order chi connectivity index (χ0) is 18.5. The molecule has 0 unspecified atom stereocenters. The second-order valence-electron chi connectivity index (χ2n) is 7.19. The third-order valence-corrected chi connectivity index (χ3v) is 5.74. The molecular formula is C19H23Cl2N5O. The molecule has 0 aliphatic heterocycles. The van der Waals surface area contributed by atoms with E-state index in [4.69, 9.17) is 21.9 Å². The van der Waals surface area contributed by atoms with Gasteiger partial charge in [0.2, 0.25) is 5.89 Å². The monoisotopic (exact) mass is 407 g/mol.